The second kappa shape index (κ2) is 8.05. The first-order chi connectivity index (χ1) is 7.16. The first-order valence-electron chi connectivity index (χ1n) is 5.12. The summed E-state index contributed by atoms with van der Waals surface area (Å²) in [5.41, 5.74) is -0.131. The fourth-order valence-corrected chi connectivity index (χ4v) is 1.84. The molecule has 0 aromatic rings. The van der Waals surface area contributed by atoms with Gasteiger partial charge in [-0.2, -0.15) is 0 Å². The lowest BCUT2D eigenvalue weighted by atomic mass is 9.78. The van der Waals surface area contributed by atoms with Crippen LogP contribution in [-0.2, 0) is 18.9 Å². The monoisotopic (exact) mass is 220 g/mol. The summed E-state index contributed by atoms with van der Waals surface area (Å²) in [6.07, 6.45) is 0. The summed E-state index contributed by atoms with van der Waals surface area (Å²) >= 11 is 0. The molecule has 0 bridgehead atoms. The highest BCUT2D eigenvalue weighted by Crippen LogP contribution is 2.29. The molecule has 0 saturated carbocycles. The van der Waals surface area contributed by atoms with Gasteiger partial charge in [-0.25, -0.2) is 0 Å². The Bertz CT molecular complexity index is 133. The van der Waals surface area contributed by atoms with Crippen molar-refractivity contribution in [1.82, 2.24) is 0 Å². The molecule has 0 N–H and O–H groups in total. The van der Waals surface area contributed by atoms with Gasteiger partial charge >= 0.3 is 0 Å². The Morgan fingerprint density at radius 3 is 1.47 bits per heavy atom. The lowest BCUT2D eigenvalue weighted by Crippen LogP contribution is -2.43. The van der Waals surface area contributed by atoms with Gasteiger partial charge in [-0.1, -0.05) is 6.92 Å². The molecule has 0 aromatic heterocycles. The lowest BCUT2D eigenvalue weighted by molar-refractivity contribution is -0.0841. The third-order valence-electron chi connectivity index (χ3n) is 2.76. The maximum atomic E-state index is 5.26. The summed E-state index contributed by atoms with van der Waals surface area (Å²) in [4.78, 5) is 0. The van der Waals surface area contributed by atoms with Crippen molar-refractivity contribution in [3.63, 3.8) is 0 Å². The predicted molar refractivity (Wildman–Crippen MR) is 59.1 cm³/mol. The van der Waals surface area contributed by atoms with Crippen molar-refractivity contribution in [1.29, 1.82) is 0 Å². The highest BCUT2D eigenvalue weighted by Gasteiger charge is 2.36. The summed E-state index contributed by atoms with van der Waals surface area (Å²) in [5, 5.41) is 0. The van der Waals surface area contributed by atoms with Crippen molar-refractivity contribution < 1.29 is 18.9 Å². The minimum Gasteiger partial charge on any atom is -0.384 e. The molecule has 15 heavy (non-hydrogen) atoms. The molecular formula is C11H24O4. The molecule has 0 aliphatic carbocycles. The standard InChI is InChI=1S/C11H24O4/c1-10(6-12-2)11(7-13-3,8-14-4)9-15-5/h10H,6-9H2,1-5H3. The molecule has 1 atom stereocenters. The largest absolute Gasteiger partial charge is 0.384 e. The van der Waals surface area contributed by atoms with Crippen LogP contribution in [0.25, 0.3) is 0 Å². The number of methoxy groups -OCH3 is 4. The second-order valence-electron chi connectivity index (χ2n) is 4.02. The van der Waals surface area contributed by atoms with Gasteiger partial charge in [0.1, 0.15) is 0 Å². The maximum absolute atomic E-state index is 5.26. The average molecular weight is 220 g/mol. The summed E-state index contributed by atoms with van der Waals surface area (Å²) in [6, 6.07) is 0. The highest BCUT2D eigenvalue weighted by molar-refractivity contribution is 4.84. The van der Waals surface area contributed by atoms with Gasteiger partial charge in [0.2, 0.25) is 0 Å². The van der Waals surface area contributed by atoms with Gasteiger partial charge in [0.15, 0.2) is 0 Å². The molecule has 0 saturated heterocycles. The van der Waals surface area contributed by atoms with E-state index in [9.17, 15) is 0 Å². The van der Waals surface area contributed by atoms with Crippen molar-refractivity contribution in [2.45, 2.75) is 6.92 Å². The van der Waals surface area contributed by atoms with Gasteiger partial charge < -0.3 is 18.9 Å². The van der Waals surface area contributed by atoms with Crippen molar-refractivity contribution >= 4 is 0 Å². The smallest absolute Gasteiger partial charge is 0.0566 e. The first kappa shape index (κ1) is 14.8. The molecule has 4 heteroatoms. The zero-order chi connectivity index (χ0) is 11.7. The third-order valence-corrected chi connectivity index (χ3v) is 2.76. The molecule has 0 amide bonds. The average Bonchev–Trinajstić information content (AvgIpc) is 2.19. The Kier molecular flexibility index (Phi) is 7.96. The van der Waals surface area contributed by atoms with Crippen molar-refractivity contribution in [2.24, 2.45) is 11.3 Å². The van der Waals surface area contributed by atoms with E-state index in [0.29, 0.717) is 32.3 Å². The molecule has 0 aliphatic rings. The van der Waals surface area contributed by atoms with E-state index in [2.05, 4.69) is 6.92 Å². The molecular weight excluding hydrogens is 196 g/mol. The zero-order valence-corrected chi connectivity index (χ0v) is 10.5. The van der Waals surface area contributed by atoms with Gasteiger partial charge in [0.05, 0.1) is 19.8 Å². The van der Waals surface area contributed by atoms with Crippen LogP contribution < -0.4 is 0 Å². The molecule has 0 aromatic carbocycles. The molecule has 0 radical (unpaired) electrons. The molecule has 0 heterocycles. The van der Waals surface area contributed by atoms with Crippen LogP contribution in [0.3, 0.4) is 0 Å². The number of ether oxygens (including phenoxy) is 4. The van der Waals surface area contributed by atoms with E-state index < -0.39 is 0 Å². The lowest BCUT2D eigenvalue weighted by Gasteiger charge is -2.37. The summed E-state index contributed by atoms with van der Waals surface area (Å²) in [7, 11) is 6.78. The van der Waals surface area contributed by atoms with Gasteiger partial charge in [0, 0.05) is 40.5 Å². The van der Waals surface area contributed by atoms with Crippen molar-refractivity contribution in [3.05, 3.63) is 0 Å². The quantitative estimate of drug-likeness (QED) is 0.585. The number of rotatable bonds is 9. The highest BCUT2D eigenvalue weighted by atomic mass is 16.5. The molecule has 0 aliphatic heterocycles. The van der Waals surface area contributed by atoms with E-state index in [0.717, 1.165) is 0 Å². The Labute approximate surface area is 92.8 Å². The number of hydrogen-bond donors (Lipinski definition) is 0. The SMILES string of the molecule is COCC(C)C(COC)(COC)COC. The van der Waals surface area contributed by atoms with Gasteiger partial charge in [0.25, 0.3) is 0 Å². The Balaban J connectivity index is 4.57. The van der Waals surface area contributed by atoms with Crippen LogP contribution in [0.15, 0.2) is 0 Å². The summed E-state index contributed by atoms with van der Waals surface area (Å²) in [6.45, 7) is 4.63. The number of hydrogen-bond acceptors (Lipinski definition) is 4. The maximum Gasteiger partial charge on any atom is 0.0566 e. The van der Waals surface area contributed by atoms with Gasteiger partial charge in [-0.15, -0.1) is 0 Å². The van der Waals surface area contributed by atoms with E-state index in [1.165, 1.54) is 0 Å². The first-order valence-corrected chi connectivity index (χ1v) is 5.12. The van der Waals surface area contributed by atoms with E-state index in [-0.39, 0.29) is 5.41 Å². The molecule has 0 rings (SSSR count). The van der Waals surface area contributed by atoms with Crippen LogP contribution in [0.4, 0.5) is 0 Å². The second-order valence-corrected chi connectivity index (χ2v) is 4.02. The zero-order valence-electron chi connectivity index (χ0n) is 10.5. The topological polar surface area (TPSA) is 36.9 Å². The molecule has 4 nitrogen and oxygen atoms in total. The van der Waals surface area contributed by atoms with Gasteiger partial charge in [-0.3, -0.25) is 0 Å². The molecule has 1 unspecified atom stereocenters. The van der Waals surface area contributed by atoms with Gasteiger partial charge in [-0.05, 0) is 5.92 Å². The molecule has 0 spiro atoms. The van der Waals surface area contributed by atoms with E-state index >= 15 is 0 Å². The van der Waals surface area contributed by atoms with Crippen LogP contribution in [0, 0.1) is 11.3 Å². The van der Waals surface area contributed by atoms with Crippen LogP contribution in [0.2, 0.25) is 0 Å². The fourth-order valence-electron chi connectivity index (χ4n) is 1.84. The fraction of sp³-hybridized carbons (Fsp3) is 1.00. The van der Waals surface area contributed by atoms with E-state index in [1.807, 2.05) is 0 Å². The summed E-state index contributed by atoms with van der Waals surface area (Å²) in [5.74, 6) is 0.322. The predicted octanol–water partition coefficient (Wildman–Crippen LogP) is 1.19. The van der Waals surface area contributed by atoms with E-state index in [1.54, 1.807) is 28.4 Å². The van der Waals surface area contributed by atoms with Crippen LogP contribution in [0.1, 0.15) is 6.92 Å². The Hall–Kier alpha value is -0.160. The summed E-state index contributed by atoms with van der Waals surface area (Å²) < 4.78 is 21.0. The van der Waals surface area contributed by atoms with E-state index in [4.69, 9.17) is 18.9 Å². The van der Waals surface area contributed by atoms with Crippen LogP contribution in [-0.4, -0.2) is 54.9 Å². The molecule has 92 valence electrons. The minimum absolute atomic E-state index is 0.131. The normalized spacial score (nSPS) is 14.2. The Morgan fingerprint density at radius 2 is 1.20 bits per heavy atom. The Morgan fingerprint density at radius 1 is 0.800 bits per heavy atom. The third kappa shape index (κ3) is 4.47. The molecule has 0 fully saturated rings. The van der Waals surface area contributed by atoms with Crippen molar-refractivity contribution in [3.8, 4) is 0 Å². The van der Waals surface area contributed by atoms with Crippen molar-refractivity contribution in [2.75, 3.05) is 54.9 Å². The van der Waals surface area contributed by atoms with Crippen LogP contribution in [0.5, 0.6) is 0 Å². The minimum atomic E-state index is -0.131. The van der Waals surface area contributed by atoms with Crippen LogP contribution >= 0.6 is 0 Å².